The van der Waals surface area contributed by atoms with Gasteiger partial charge < -0.3 is 15.0 Å². The highest BCUT2D eigenvalue weighted by Gasteiger charge is 2.11. The second-order valence-electron chi connectivity index (χ2n) is 5.21. The molecule has 0 radical (unpaired) electrons. The average Bonchev–Trinajstić information content (AvgIpc) is 2.63. The Bertz CT molecular complexity index is 713. The summed E-state index contributed by atoms with van der Waals surface area (Å²) in [4.78, 5) is 29.9. The van der Waals surface area contributed by atoms with Crippen LogP contribution < -0.4 is 10.2 Å². The van der Waals surface area contributed by atoms with E-state index in [0.717, 1.165) is 18.8 Å². The molecule has 1 heterocycles. The molecule has 0 saturated heterocycles. The van der Waals surface area contributed by atoms with Gasteiger partial charge in [0.05, 0.1) is 10.6 Å². The van der Waals surface area contributed by atoms with E-state index in [1.165, 1.54) is 6.20 Å². The van der Waals surface area contributed by atoms with Gasteiger partial charge in [0, 0.05) is 25.0 Å². The molecule has 0 aliphatic heterocycles. The number of pyridine rings is 1. The molecule has 0 fully saturated rings. The lowest BCUT2D eigenvalue weighted by molar-refractivity contribution is -0.119. The maximum Gasteiger partial charge on any atom is 0.338 e. The van der Waals surface area contributed by atoms with Crippen LogP contribution in [0.5, 0.6) is 0 Å². The number of benzene rings is 1. The van der Waals surface area contributed by atoms with Crippen molar-refractivity contribution in [1.82, 2.24) is 4.98 Å². The van der Waals surface area contributed by atoms with Crippen molar-refractivity contribution < 1.29 is 14.3 Å². The number of anilines is 2. The third-order valence-corrected chi connectivity index (χ3v) is 3.78. The molecule has 1 N–H and O–H groups in total. The first-order valence-electron chi connectivity index (χ1n) is 7.97. The van der Waals surface area contributed by atoms with Crippen LogP contribution in [0, 0.1) is 0 Å². The fourth-order valence-corrected chi connectivity index (χ4v) is 2.35. The first kappa shape index (κ1) is 18.7. The Morgan fingerprint density at radius 2 is 1.80 bits per heavy atom. The number of halogens is 1. The molecule has 0 unspecified atom stereocenters. The number of nitrogens with zero attached hydrogens (tertiary/aromatic N) is 2. The molecule has 132 valence electrons. The zero-order valence-corrected chi connectivity index (χ0v) is 14.9. The summed E-state index contributed by atoms with van der Waals surface area (Å²) in [6.07, 6.45) is 1.42. The van der Waals surface area contributed by atoms with E-state index in [0.29, 0.717) is 16.4 Å². The third-order valence-electron chi connectivity index (χ3n) is 3.56. The van der Waals surface area contributed by atoms with E-state index in [1.807, 2.05) is 12.1 Å². The van der Waals surface area contributed by atoms with E-state index >= 15 is 0 Å². The molecule has 0 atom stereocenters. The van der Waals surface area contributed by atoms with Gasteiger partial charge in [0.25, 0.3) is 5.91 Å². The molecular weight excluding hydrogens is 342 g/mol. The molecule has 2 rings (SSSR count). The van der Waals surface area contributed by atoms with Crippen molar-refractivity contribution in [3.8, 4) is 0 Å². The van der Waals surface area contributed by atoms with Crippen LogP contribution in [0.25, 0.3) is 0 Å². The Morgan fingerprint density at radius 1 is 1.12 bits per heavy atom. The SMILES string of the molecule is CCN(CC)c1ccc(C(=O)OCC(=O)Nc2ccc(Cl)cn2)cc1. The summed E-state index contributed by atoms with van der Waals surface area (Å²) in [6, 6.07) is 10.3. The zero-order valence-electron chi connectivity index (χ0n) is 14.2. The number of amides is 1. The van der Waals surface area contributed by atoms with Crippen LogP contribution in [0.3, 0.4) is 0 Å². The lowest BCUT2D eigenvalue weighted by Crippen LogP contribution is -2.22. The fraction of sp³-hybridized carbons (Fsp3) is 0.278. The lowest BCUT2D eigenvalue weighted by atomic mass is 10.2. The topological polar surface area (TPSA) is 71.5 Å². The van der Waals surface area contributed by atoms with Gasteiger partial charge in [-0.2, -0.15) is 0 Å². The van der Waals surface area contributed by atoms with Crippen LogP contribution in [-0.2, 0) is 9.53 Å². The minimum atomic E-state index is -0.551. The van der Waals surface area contributed by atoms with Gasteiger partial charge in [-0.3, -0.25) is 4.79 Å². The highest BCUT2D eigenvalue weighted by molar-refractivity contribution is 6.30. The number of ether oxygens (including phenoxy) is 1. The molecule has 0 aliphatic carbocycles. The monoisotopic (exact) mass is 361 g/mol. The van der Waals surface area contributed by atoms with Crippen LogP contribution in [0.2, 0.25) is 5.02 Å². The highest BCUT2D eigenvalue weighted by atomic mass is 35.5. The van der Waals surface area contributed by atoms with Crippen LogP contribution >= 0.6 is 11.6 Å². The van der Waals surface area contributed by atoms with E-state index < -0.39 is 11.9 Å². The highest BCUT2D eigenvalue weighted by Crippen LogP contribution is 2.15. The molecule has 7 heteroatoms. The average molecular weight is 362 g/mol. The predicted octanol–water partition coefficient (Wildman–Crippen LogP) is 3.38. The number of hydrogen-bond donors (Lipinski definition) is 1. The number of hydrogen-bond acceptors (Lipinski definition) is 5. The van der Waals surface area contributed by atoms with Gasteiger partial charge in [0.1, 0.15) is 5.82 Å². The Labute approximate surface area is 151 Å². The first-order valence-corrected chi connectivity index (χ1v) is 8.34. The molecule has 1 aromatic carbocycles. The van der Waals surface area contributed by atoms with Crippen LogP contribution in [-0.4, -0.2) is 36.6 Å². The van der Waals surface area contributed by atoms with Crippen molar-refractivity contribution in [1.29, 1.82) is 0 Å². The Morgan fingerprint density at radius 3 is 2.36 bits per heavy atom. The summed E-state index contributed by atoms with van der Waals surface area (Å²) in [5, 5.41) is 2.99. The zero-order chi connectivity index (χ0) is 18.2. The van der Waals surface area contributed by atoms with Crippen molar-refractivity contribution in [2.45, 2.75) is 13.8 Å². The largest absolute Gasteiger partial charge is 0.452 e. The molecule has 1 aromatic heterocycles. The molecule has 1 amide bonds. The summed E-state index contributed by atoms with van der Waals surface area (Å²) < 4.78 is 5.02. The second kappa shape index (κ2) is 9.03. The predicted molar refractivity (Wildman–Crippen MR) is 98.2 cm³/mol. The summed E-state index contributed by atoms with van der Waals surface area (Å²) in [7, 11) is 0. The van der Waals surface area contributed by atoms with Crippen LogP contribution in [0.1, 0.15) is 24.2 Å². The van der Waals surface area contributed by atoms with Crippen LogP contribution in [0.4, 0.5) is 11.5 Å². The van der Waals surface area contributed by atoms with E-state index in [9.17, 15) is 9.59 Å². The van der Waals surface area contributed by atoms with Crippen molar-refractivity contribution in [3.05, 3.63) is 53.2 Å². The Hall–Kier alpha value is -2.60. The molecule has 0 spiro atoms. The second-order valence-corrected chi connectivity index (χ2v) is 5.64. The number of carbonyl (C=O) groups excluding carboxylic acids is 2. The minimum Gasteiger partial charge on any atom is -0.452 e. The van der Waals surface area contributed by atoms with Gasteiger partial charge in [-0.25, -0.2) is 9.78 Å². The van der Waals surface area contributed by atoms with Gasteiger partial charge in [0.2, 0.25) is 0 Å². The normalized spacial score (nSPS) is 10.2. The maximum absolute atomic E-state index is 12.0. The Balaban J connectivity index is 1.87. The minimum absolute atomic E-state index is 0.342. The van der Waals surface area contributed by atoms with Gasteiger partial charge >= 0.3 is 5.97 Å². The fourth-order valence-electron chi connectivity index (χ4n) is 2.24. The van der Waals surface area contributed by atoms with Crippen molar-refractivity contribution in [2.75, 3.05) is 29.9 Å². The van der Waals surface area contributed by atoms with Crippen molar-refractivity contribution in [2.24, 2.45) is 0 Å². The van der Waals surface area contributed by atoms with Crippen molar-refractivity contribution in [3.63, 3.8) is 0 Å². The summed E-state index contributed by atoms with van der Waals surface area (Å²) in [5.74, 6) is -0.678. The number of nitrogens with one attached hydrogen (secondary N) is 1. The molecular formula is C18H20ClN3O3. The smallest absolute Gasteiger partial charge is 0.338 e. The van der Waals surface area contributed by atoms with E-state index in [4.69, 9.17) is 16.3 Å². The maximum atomic E-state index is 12.0. The third kappa shape index (κ3) is 5.46. The first-order chi connectivity index (χ1) is 12.0. The van der Waals surface area contributed by atoms with E-state index in [-0.39, 0.29) is 6.61 Å². The van der Waals surface area contributed by atoms with Crippen LogP contribution in [0.15, 0.2) is 42.6 Å². The van der Waals surface area contributed by atoms with Gasteiger partial charge in [-0.1, -0.05) is 11.6 Å². The molecule has 0 aliphatic rings. The van der Waals surface area contributed by atoms with Gasteiger partial charge in [-0.05, 0) is 50.2 Å². The summed E-state index contributed by atoms with van der Waals surface area (Å²) in [6.45, 7) is 5.53. The van der Waals surface area contributed by atoms with Gasteiger partial charge in [-0.15, -0.1) is 0 Å². The van der Waals surface area contributed by atoms with E-state index in [2.05, 4.69) is 29.0 Å². The van der Waals surface area contributed by atoms with Gasteiger partial charge in [0.15, 0.2) is 6.61 Å². The number of carbonyl (C=O) groups is 2. The summed E-state index contributed by atoms with van der Waals surface area (Å²) in [5.41, 5.74) is 1.43. The molecule has 0 bridgehead atoms. The molecule has 25 heavy (non-hydrogen) atoms. The van der Waals surface area contributed by atoms with E-state index in [1.54, 1.807) is 24.3 Å². The standard InChI is InChI=1S/C18H20ClN3O3/c1-3-22(4-2)15-8-5-13(6-9-15)18(24)25-12-17(23)21-16-10-7-14(19)11-20-16/h5-11H,3-4,12H2,1-2H3,(H,20,21,23). The Kier molecular flexibility index (Phi) is 6.77. The number of esters is 1. The quantitative estimate of drug-likeness (QED) is 0.765. The lowest BCUT2D eigenvalue weighted by Gasteiger charge is -2.20. The molecule has 0 saturated carbocycles. The molecule has 6 nitrogen and oxygen atoms in total. The van der Waals surface area contributed by atoms with Crippen molar-refractivity contribution >= 4 is 35.0 Å². The number of aromatic nitrogens is 1. The number of rotatable bonds is 7. The summed E-state index contributed by atoms with van der Waals surface area (Å²) >= 11 is 5.72. The molecule has 2 aromatic rings.